The number of nitrogens with one attached hydrogen (secondary N) is 1. The van der Waals surface area contributed by atoms with Crippen molar-refractivity contribution in [3.63, 3.8) is 0 Å². The summed E-state index contributed by atoms with van der Waals surface area (Å²) in [5, 5.41) is 2.37. The molecule has 158 valence electrons. The molecule has 6 nitrogen and oxygen atoms in total. The van der Waals surface area contributed by atoms with Crippen molar-refractivity contribution in [1.29, 1.82) is 0 Å². The molecule has 1 aromatic rings. The molecule has 1 rings (SSSR count). The quantitative estimate of drug-likeness (QED) is 0.264. The summed E-state index contributed by atoms with van der Waals surface area (Å²) in [5.41, 5.74) is 2.66. The summed E-state index contributed by atoms with van der Waals surface area (Å²) in [5.74, 6) is -0.852. The molecule has 0 heterocycles. The summed E-state index contributed by atoms with van der Waals surface area (Å²) in [6.45, 7) is 0. The maximum absolute atomic E-state index is 12.0. The second-order valence-corrected chi connectivity index (χ2v) is 9.24. The first kappa shape index (κ1) is 24.5. The number of aryl methyl sites for hydroxylation is 2. The molecular formula is C21H34NO5P. The van der Waals surface area contributed by atoms with Crippen molar-refractivity contribution in [3.05, 3.63) is 35.4 Å². The summed E-state index contributed by atoms with van der Waals surface area (Å²) in [7, 11) is 1.45. The minimum Gasteiger partial charge on any atom is -0.353 e. The monoisotopic (exact) mass is 411 g/mol. The second kappa shape index (κ2) is 13.6. The molecule has 0 aliphatic carbocycles. The molecule has 1 aromatic carbocycles. The molecule has 0 saturated heterocycles. The molecule has 0 aliphatic rings. The van der Waals surface area contributed by atoms with Crippen LogP contribution in [0.15, 0.2) is 24.3 Å². The van der Waals surface area contributed by atoms with Gasteiger partial charge in [0, 0.05) is 27.7 Å². The molecule has 0 unspecified atom stereocenters. The van der Waals surface area contributed by atoms with Gasteiger partial charge in [-0.25, -0.2) is 0 Å². The van der Waals surface area contributed by atoms with Crippen LogP contribution in [0.5, 0.6) is 0 Å². The average Bonchev–Trinajstić information content (AvgIpc) is 2.73. The smallest absolute Gasteiger partial charge is 0.330 e. The van der Waals surface area contributed by atoms with Crippen molar-refractivity contribution in [2.45, 2.75) is 57.8 Å². The van der Waals surface area contributed by atoms with Crippen molar-refractivity contribution in [2.75, 3.05) is 27.4 Å². The second-order valence-electron chi connectivity index (χ2n) is 6.84. The van der Waals surface area contributed by atoms with E-state index in [9.17, 15) is 14.2 Å². The van der Waals surface area contributed by atoms with Gasteiger partial charge in [-0.15, -0.1) is 0 Å². The van der Waals surface area contributed by atoms with E-state index in [1.54, 1.807) is 0 Å². The Balaban J connectivity index is 2.31. The predicted octanol–water partition coefficient (Wildman–Crippen LogP) is 4.30. The van der Waals surface area contributed by atoms with Gasteiger partial charge in [0.25, 0.3) is 5.91 Å². The van der Waals surface area contributed by atoms with Crippen LogP contribution in [-0.2, 0) is 36.0 Å². The standard InChI is InChI=1S/C21H34NO5P/c1-22-21(24)20(23)16-10-9-15-19-14-8-7-13-18(19)12-6-4-5-11-17-28(25,26-2)27-3/h7-8,13-14H,4-6,9-12,15-17H2,1-3H3,(H,22,24). The number of rotatable bonds is 15. The highest BCUT2D eigenvalue weighted by Gasteiger charge is 2.19. The summed E-state index contributed by atoms with van der Waals surface area (Å²) < 4.78 is 21.9. The molecule has 7 heteroatoms. The van der Waals surface area contributed by atoms with Crippen LogP contribution >= 0.6 is 7.60 Å². The van der Waals surface area contributed by atoms with E-state index in [1.807, 2.05) is 6.07 Å². The molecule has 1 amide bonds. The summed E-state index contributed by atoms with van der Waals surface area (Å²) in [6, 6.07) is 8.40. The van der Waals surface area contributed by atoms with Crippen molar-refractivity contribution in [1.82, 2.24) is 5.32 Å². The Hall–Kier alpha value is -1.49. The molecule has 1 N–H and O–H groups in total. The molecule has 0 atom stereocenters. The fraction of sp³-hybridized carbons (Fsp3) is 0.619. The van der Waals surface area contributed by atoms with E-state index in [1.165, 1.54) is 32.4 Å². The molecule has 0 radical (unpaired) electrons. The number of amides is 1. The molecule has 0 bridgehead atoms. The number of hydrogen-bond acceptors (Lipinski definition) is 5. The lowest BCUT2D eigenvalue weighted by Crippen LogP contribution is -2.27. The van der Waals surface area contributed by atoms with Crippen LogP contribution in [0.2, 0.25) is 0 Å². The maximum atomic E-state index is 12.0. The van der Waals surface area contributed by atoms with Crippen molar-refractivity contribution >= 4 is 19.3 Å². The topological polar surface area (TPSA) is 81.7 Å². The number of unbranched alkanes of at least 4 members (excludes halogenated alkanes) is 4. The lowest BCUT2D eigenvalue weighted by atomic mass is 9.96. The fourth-order valence-corrected chi connectivity index (χ4v) is 4.26. The van der Waals surface area contributed by atoms with Crippen LogP contribution in [0.3, 0.4) is 0 Å². The maximum Gasteiger partial charge on any atom is 0.330 e. The van der Waals surface area contributed by atoms with Crippen LogP contribution in [0.25, 0.3) is 0 Å². The Kier molecular flexibility index (Phi) is 12.0. The molecule has 0 saturated carbocycles. The van der Waals surface area contributed by atoms with E-state index < -0.39 is 13.5 Å². The first-order valence-corrected chi connectivity index (χ1v) is 11.7. The highest BCUT2D eigenvalue weighted by atomic mass is 31.2. The van der Waals surface area contributed by atoms with E-state index >= 15 is 0 Å². The Morgan fingerprint density at radius 1 is 0.893 bits per heavy atom. The Labute approximate surface area is 168 Å². The third-order valence-electron chi connectivity index (χ3n) is 4.88. The number of hydrogen-bond donors (Lipinski definition) is 1. The highest BCUT2D eigenvalue weighted by Crippen LogP contribution is 2.47. The molecule has 0 aliphatic heterocycles. The average molecular weight is 411 g/mol. The van der Waals surface area contributed by atoms with Gasteiger partial charge in [-0.2, -0.15) is 0 Å². The number of benzene rings is 1. The number of carbonyl (C=O) groups excluding carboxylic acids is 2. The Morgan fingerprint density at radius 2 is 1.43 bits per heavy atom. The molecule has 0 aromatic heterocycles. The predicted molar refractivity (Wildman–Crippen MR) is 112 cm³/mol. The normalized spacial score (nSPS) is 11.4. The zero-order chi connectivity index (χ0) is 20.8. The number of Topliss-reactive ketones (excluding diaryl/α,β-unsaturated/α-hetero) is 1. The minimum absolute atomic E-state index is 0.300. The van der Waals surface area contributed by atoms with Crippen LogP contribution in [-0.4, -0.2) is 39.1 Å². The van der Waals surface area contributed by atoms with Gasteiger partial charge in [-0.05, 0) is 49.7 Å². The van der Waals surface area contributed by atoms with Crippen molar-refractivity contribution < 1.29 is 23.2 Å². The molecule has 0 spiro atoms. The lowest BCUT2D eigenvalue weighted by molar-refractivity contribution is -0.137. The molecular weight excluding hydrogens is 377 g/mol. The fourth-order valence-electron chi connectivity index (χ4n) is 3.13. The molecule has 28 heavy (non-hydrogen) atoms. The van der Waals surface area contributed by atoms with Crippen LogP contribution in [0.4, 0.5) is 0 Å². The van der Waals surface area contributed by atoms with Gasteiger partial charge in [0.15, 0.2) is 0 Å². The number of ketones is 1. The first-order valence-electron chi connectivity index (χ1n) is 9.98. The Bertz CT molecular complexity index is 654. The number of likely N-dealkylation sites (N-methyl/N-ethyl adjacent to an activating group) is 1. The van der Waals surface area contributed by atoms with E-state index in [2.05, 4.69) is 23.5 Å². The zero-order valence-corrected chi connectivity index (χ0v) is 18.3. The summed E-state index contributed by atoms with van der Waals surface area (Å²) in [6.07, 6.45) is 8.30. The van der Waals surface area contributed by atoms with E-state index in [0.29, 0.717) is 12.6 Å². The largest absolute Gasteiger partial charge is 0.353 e. The molecule has 0 fully saturated rings. The zero-order valence-electron chi connectivity index (χ0n) is 17.4. The van der Waals surface area contributed by atoms with Gasteiger partial charge in [-0.1, -0.05) is 37.1 Å². The first-order chi connectivity index (χ1) is 13.5. The SMILES string of the molecule is CNC(=O)C(=O)CCCCc1ccccc1CCCCCCP(=O)(OC)OC. The van der Waals surface area contributed by atoms with Crippen molar-refractivity contribution in [3.8, 4) is 0 Å². The van der Waals surface area contributed by atoms with Gasteiger partial charge >= 0.3 is 7.60 Å². The summed E-state index contributed by atoms with van der Waals surface area (Å²) in [4.78, 5) is 22.8. The van der Waals surface area contributed by atoms with Gasteiger partial charge in [0.05, 0.1) is 6.16 Å². The third kappa shape index (κ3) is 9.13. The highest BCUT2D eigenvalue weighted by molar-refractivity contribution is 7.53. The van der Waals surface area contributed by atoms with Crippen molar-refractivity contribution in [2.24, 2.45) is 0 Å². The number of carbonyl (C=O) groups is 2. The van der Waals surface area contributed by atoms with Crippen LogP contribution in [0.1, 0.15) is 56.1 Å². The lowest BCUT2D eigenvalue weighted by Gasteiger charge is -2.13. The van der Waals surface area contributed by atoms with Gasteiger partial charge in [0.1, 0.15) is 0 Å². The van der Waals surface area contributed by atoms with E-state index in [4.69, 9.17) is 9.05 Å². The third-order valence-corrected chi connectivity index (χ3v) is 6.86. The van der Waals surface area contributed by atoms with E-state index in [0.717, 1.165) is 51.4 Å². The van der Waals surface area contributed by atoms with Crippen LogP contribution in [0, 0.1) is 0 Å². The van der Waals surface area contributed by atoms with Crippen LogP contribution < -0.4 is 5.32 Å². The van der Waals surface area contributed by atoms with Gasteiger partial charge in [-0.3, -0.25) is 14.2 Å². The minimum atomic E-state index is -2.88. The van der Waals surface area contributed by atoms with Gasteiger partial charge in [0.2, 0.25) is 5.78 Å². The summed E-state index contributed by atoms with van der Waals surface area (Å²) >= 11 is 0. The van der Waals surface area contributed by atoms with E-state index in [-0.39, 0.29) is 5.78 Å². The van der Waals surface area contributed by atoms with Gasteiger partial charge < -0.3 is 14.4 Å². The Morgan fingerprint density at radius 3 is 1.96 bits per heavy atom.